The normalized spacial score (nSPS) is 19.2. The second-order valence-corrected chi connectivity index (χ2v) is 10.1. The Morgan fingerprint density at radius 3 is 2.29 bits per heavy atom. The summed E-state index contributed by atoms with van der Waals surface area (Å²) in [6, 6.07) is 6.63. The van der Waals surface area contributed by atoms with Crippen molar-refractivity contribution in [1.82, 2.24) is 14.5 Å². The second-order valence-electron chi connectivity index (χ2n) is 8.20. The van der Waals surface area contributed by atoms with E-state index in [1.165, 1.54) is 6.08 Å². The number of nitrogens with one attached hydrogen (secondary N) is 1. The molecule has 2 aliphatic heterocycles. The Balaban J connectivity index is 1.49. The molecule has 0 unspecified atom stereocenters. The highest BCUT2D eigenvalue weighted by Crippen LogP contribution is 2.21. The van der Waals surface area contributed by atoms with Crippen LogP contribution < -0.4 is 5.32 Å². The fourth-order valence-corrected chi connectivity index (χ4v) is 5.52. The Kier molecular flexibility index (Phi) is 8.66. The molecule has 2 fully saturated rings. The predicted molar refractivity (Wildman–Crippen MR) is 121 cm³/mol. The van der Waals surface area contributed by atoms with Crippen molar-refractivity contribution in [2.75, 3.05) is 32.7 Å². The van der Waals surface area contributed by atoms with E-state index in [1.807, 2.05) is 4.90 Å². The van der Waals surface area contributed by atoms with Gasteiger partial charge in [0.1, 0.15) is 0 Å². The average molecular weight is 448 g/mol. The summed E-state index contributed by atoms with van der Waals surface area (Å²) >= 11 is 0. The van der Waals surface area contributed by atoms with Crippen molar-refractivity contribution in [3.05, 3.63) is 35.9 Å². The number of likely N-dealkylation sites (tertiary alicyclic amines) is 1. The maximum Gasteiger partial charge on any atom is 0.244 e. The minimum absolute atomic E-state index is 0.164. The molecular formula is C23H33N3O4S. The van der Waals surface area contributed by atoms with Crippen LogP contribution >= 0.6 is 0 Å². The van der Waals surface area contributed by atoms with E-state index in [0.717, 1.165) is 57.1 Å². The van der Waals surface area contributed by atoms with Crippen molar-refractivity contribution in [3.63, 3.8) is 0 Å². The molecule has 2 aliphatic rings. The molecule has 1 N–H and O–H groups in total. The summed E-state index contributed by atoms with van der Waals surface area (Å²) in [6.45, 7) is 2.86. The number of carbonyl (C=O) groups is 2. The third-order valence-corrected chi connectivity index (χ3v) is 7.78. The topological polar surface area (TPSA) is 86.8 Å². The van der Waals surface area contributed by atoms with Crippen LogP contribution in [0.15, 0.2) is 35.2 Å². The lowest BCUT2D eigenvalue weighted by Gasteiger charge is -2.20. The Morgan fingerprint density at radius 2 is 1.58 bits per heavy atom. The Hall–Kier alpha value is -2.19. The van der Waals surface area contributed by atoms with E-state index in [4.69, 9.17) is 0 Å². The standard InChI is InChI=1S/C23H33N3O4S/c27-22(24-15-19-25-16-5-3-4-8-23(25)28)14-11-20-9-12-21(13-10-20)31(29,30)26-17-6-1-2-7-18-26/h9-14H,1-8,15-19H2,(H,24,27)/b14-11+. The Bertz CT molecular complexity index is 873. The zero-order valence-electron chi connectivity index (χ0n) is 18.1. The van der Waals surface area contributed by atoms with E-state index in [1.54, 1.807) is 34.6 Å². The molecule has 2 heterocycles. The van der Waals surface area contributed by atoms with Gasteiger partial charge >= 0.3 is 0 Å². The zero-order chi connectivity index (χ0) is 22.1. The molecule has 170 valence electrons. The van der Waals surface area contributed by atoms with E-state index in [-0.39, 0.29) is 16.7 Å². The van der Waals surface area contributed by atoms with Gasteiger partial charge in [0, 0.05) is 45.2 Å². The van der Waals surface area contributed by atoms with E-state index < -0.39 is 10.0 Å². The van der Waals surface area contributed by atoms with Gasteiger partial charge in [0.25, 0.3) is 0 Å². The monoisotopic (exact) mass is 447 g/mol. The van der Waals surface area contributed by atoms with Crippen LogP contribution in [0.3, 0.4) is 0 Å². The number of hydrogen-bond donors (Lipinski definition) is 1. The first kappa shape index (κ1) is 23.5. The van der Waals surface area contributed by atoms with Gasteiger partial charge in [-0.2, -0.15) is 4.31 Å². The number of hydrogen-bond acceptors (Lipinski definition) is 4. The van der Waals surface area contributed by atoms with Gasteiger partial charge in [-0.15, -0.1) is 0 Å². The molecule has 0 atom stereocenters. The summed E-state index contributed by atoms with van der Waals surface area (Å²) in [6.07, 6.45) is 10.7. The maximum atomic E-state index is 12.8. The average Bonchev–Trinajstić information content (AvgIpc) is 3.16. The summed E-state index contributed by atoms with van der Waals surface area (Å²) in [4.78, 5) is 26.1. The molecule has 1 aromatic rings. The molecule has 2 saturated heterocycles. The number of rotatable bonds is 7. The number of carbonyl (C=O) groups excluding carboxylic acids is 2. The highest BCUT2D eigenvalue weighted by atomic mass is 32.2. The molecule has 1 aromatic carbocycles. The summed E-state index contributed by atoms with van der Waals surface area (Å²) in [5.74, 6) is -0.0685. The fourth-order valence-electron chi connectivity index (χ4n) is 4.00. The molecule has 0 saturated carbocycles. The van der Waals surface area contributed by atoms with Crippen molar-refractivity contribution >= 4 is 27.9 Å². The Morgan fingerprint density at radius 1 is 0.935 bits per heavy atom. The van der Waals surface area contributed by atoms with Gasteiger partial charge < -0.3 is 10.2 Å². The smallest absolute Gasteiger partial charge is 0.244 e. The molecule has 8 heteroatoms. The van der Waals surface area contributed by atoms with Crippen molar-refractivity contribution in [1.29, 1.82) is 0 Å². The van der Waals surface area contributed by atoms with Crippen molar-refractivity contribution < 1.29 is 18.0 Å². The highest BCUT2D eigenvalue weighted by Gasteiger charge is 2.24. The maximum absolute atomic E-state index is 12.8. The first-order chi connectivity index (χ1) is 15.0. The summed E-state index contributed by atoms with van der Waals surface area (Å²) in [5.41, 5.74) is 0.757. The van der Waals surface area contributed by atoms with Gasteiger partial charge in [0.2, 0.25) is 21.8 Å². The molecule has 0 aliphatic carbocycles. The van der Waals surface area contributed by atoms with Gasteiger partial charge in [0.15, 0.2) is 0 Å². The molecule has 0 spiro atoms. The SMILES string of the molecule is O=C(/C=C/c1ccc(S(=O)(=O)N2CCCCCC2)cc1)NCCN1CCCCCC1=O. The van der Waals surface area contributed by atoms with Crippen LogP contribution in [0.2, 0.25) is 0 Å². The lowest BCUT2D eigenvalue weighted by Crippen LogP contribution is -2.37. The number of nitrogens with zero attached hydrogens (tertiary/aromatic N) is 2. The van der Waals surface area contributed by atoms with Gasteiger partial charge in [-0.3, -0.25) is 9.59 Å². The van der Waals surface area contributed by atoms with Crippen molar-refractivity contribution in [3.8, 4) is 0 Å². The molecule has 7 nitrogen and oxygen atoms in total. The lowest BCUT2D eigenvalue weighted by atomic mass is 10.2. The summed E-state index contributed by atoms with van der Waals surface area (Å²) < 4.78 is 27.2. The minimum Gasteiger partial charge on any atom is -0.351 e. The fraction of sp³-hybridized carbons (Fsp3) is 0.565. The first-order valence-corrected chi connectivity index (χ1v) is 12.7. The molecule has 31 heavy (non-hydrogen) atoms. The van der Waals surface area contributed by atoms with E-state index >= 15 is 0 Å². The van der Waals surface area contributed by atoms with Gasteiger partial charge in [0.05, 0.1) is 4.90 Å². The molecule has 3 rings (SSSR count). The highest BCUT2D eigenvalue weighted by molar-refractivity contribution is 7.89. The quantitative estimate of drug-likeness (QED) is 0.651. The van der Waals surface area contributed by atoms with E-state index in [2.05, 4.69) is 5.32 Å². The third-order valence-electron chi connectivity index (χ3n) is 5.86. The molecular weight excluding hydrogens is 414 g/mol. The third kappa shape index (κ3) is 6.90. The van der Waals surface area contributed by atoms with Crippen molar-refractivity contribution in [2.45, 2.75) is 56.3 Å². The van der Waals surface area contributed by atoms with Crippen LogP contribution in [-0.4, -0.2) is 62.2 Å². The molecule has 0 radical (unpaired) electrons. The van der Waals surface area contributed by atoms with Crippen LogP contribution in [0.5, 0.6) is 0 Å². The number of amides is 2. The van der Waals surface area contributed by atoms with Gasteiger partial charge in [-0.05, 0) is 49.5 Å². The largest absolute Gasteiger partial charge is 0.351 e. The second kappa shape index (κ2) is 11.4. The van der Waals surface area contributed by atoms with Crippen LogP contribution in [-0.2, 0) is 19.6 Å². The first-order valence-electron chi connectivity index (χ1n) is 11.3. The van der Waals surface area contributed by atoms with E-state index in [9.17, 15) is 18.0 Å². The molecule has 0 aromatic heterocycles. The minimum atomic E-state index is -3.47. The number of sulfonamides is 1. The van der Waals surface area contributed by atoms with Gasteiger partial charge in [-0.1, -0.05) is 31.4 Å². The molecule has 0 bridgehead atoms. The van der Waals surface area contributed by atoms with Gasteiger partial charge in [-0.25, -0.2) is 8.42 Å². The van der Waals surface area contributed by atoms with Crippen LogP contribution in [0.25, 0.3) is 6.08 Å². The number of benzene rings is 1. The molecule has 2 amide bonds. The summed E-state index contributed by atoms with van der Waals surface area (Å²) in [5, 5.41) is 2.80. The van der Waals surface area contributed by atoms with Crippen LogP contribution in [0.1, 0.15) is 56.9 Å². The van der Waals surface area contributed by atoms with Crippen LogP contribution in [0, 0.1) is 0 Å². The summed E-state index contributed by atoms with van der Waals surface area (Å²) in [7, 11) is -3.47. The van der Waals surface area contributed by atoms with Crippen LogP contribution in [0.4, 0.5) is 0 Å². The van der Waals surface area contributed by atoms with Crippen molar-refractivity contribution in [2.24, 2.45) is 0 Å². The predicted octanol–water partition coefficient (Wildman–Crippen LogP) is 2.78. The zero-order valence-corrected chi connectivity index (χ0v) is 18.9. The van der Waals surface area contributed by atoms with E-state index in [0.29, 0.717) is 32.6 Å². The Labute approximate surface area is 185 Å². The lowest BCUT2D eigenvalue weighted by molar-refractivity contribution is -0.131.